The van der Waals surface area contributed by atoms with Gasteiger partial charge in [0.25, 0.3) is 0 Å². The van der Waals surface area contributed by atoms with Crippen LogP contribution in [0.1, 0.15) is 12.5 Å². The van der Waals surface area contributed by atoms with Crippen molar-refractivity contribution in [2.24, 2.45) is 10.7 Å². The van der Waals surface area contributed by atoms with Crippen LogP contribution in [0.2, 0.25) is 10.0 Å². The first-order chi connectivity index (χ1) is 10.6. The minimum Gasteiger partial charge on any atom is -0.494 e. The topological polar surface area (TPSA) is 47.6 Å². The highest BCUT2D eigenvalue weighted by Crippen LogP contribution is 2.25. The van der Waals surface area contributed by atoms with E-state index < -0.39 is 0 Å². The molecule has 116 valence electrons. The van der Waals surface area contributed by atoms with Crippen LogP contribution in [0.3, 0.4) is 0 Å². The van der Waals surface area contributed by atoms with Gasteiger partial charge in [0.15, 0.2) is 5.17 Å². The maximum absolute atomic E-state index is 5.98. The molecular formula is C16H16Cl2N2OS. The molecule has 6 heteroatoms. The molecule has 2 N–H and O–H groups in total. The zero-order valence-electron chi connectivity index (χ0n) is 12.1. The molecule has 0 fully saturated rings. The van der Waals surface area contributed by atoms with Gasteiger partial charge in [-0.05, 0) is 48.9 Å². The number of rotatable bonds is 5. The summed E-state index contributed by atoms with van der Waals surface area (Å²) in [6.07, 6.45) is 0. The van der Waals surface area contributed by atoms with Crippen molar-refractivity contribution in [1.82, 2.24) is 0 Å². The van der Waals surface area contributed by atoms with Crippen LogP contribution in [0, 0.1) is 0 Å². The van der Waals surface area contributed by atoms with Crippen molar-refractivity contribution in [2.75, 3.05) is 6.61 Å². The second-order valence-corrected chi connectivity index (χ2v) is 6.22. The quantitative estimate of drug-likeness (QED) is 0.587. The van der Waals surface area contributed by atoms with Gasteiger partial charge in [-0.25, -0.2) is 4.99 Å². The standard InChI is InChI=1S/C16H16Cl2N2OS/c1-2-21-13-6-4-12(5-7-13)20-16(19)22-10-11-3-8-14(17)15(18)9-11/h3-9H,2,10H2,1H3,(H2,19,20). The molecule has 0 heterocycles. The van der Waals surface area contributed by atoms with E-state index in [-0.39, 0.29) is 0 Å². The summed E-state index contributed by atoms with van der Waals surface area (Å²) in [5, 5.41) is 1.59. The smallest absolute Gasteiger partial charge is 0.159 e. The molecule has 0 aliphatic rings. The van der Waals surface area contributed by atoms with E-state index in [4.69, 9.17) is 33.7 Å². The molecule has 0 spiro atoms. The number of hydrogen-bond donors (Lipinski definition) is 1. The van der Waals surface area contributed by atoms with Crippen LogP contribution in [0.4, 0.5) is 5.69 Å². The van der Waals surface area contributed by atoms with Crippen LogP contribution in [0.15, 0.2) is 47.5 Å². The minimum absolute atomic E-state index is 0.496. The predicted molar refractivity (Wildman–Crippen MR) is 96.7 cm³/mol. The highest BCUT2D eigenvalue weighted by atomic mass is 35.5. The molecule has 0 saturated carbocycles. The Bertz CT molecular complexity index is 660. The summed E-state index contributed by atoms with van der Waals surface area (Å²) in [6, 6.07) is 13.0. The summed E-state index contributed by atoms with van der Waals surface area (Å²) in [5.41, 5.74) is 7.78. The Morgan fingerprint density at radius 3 is 2.50 bits per heavy atom. The molecule has 0 radical (unpaired) electrons. The first kappa shape index (κ1) is 17.0. The molecular weight excluding hydrogens is 339 g/mol. The van der Waals surface area contributed by atoms with Crippen molar-refractivity contribution in [3.63, 3.8) is 0 Å². The van der Waals surface area contributed by atoms with Crippen LogP contribution >= 0.6 is 35.0 Å². The van der Waals surface area contributed by atoms with E-state index in [1.165, 1.54) is 11.8 Å². The predicted octanol–water partition coefficient (Wildman–Crippen LogP) is 5.27. The van der Waals surface area contributed by atoms with Gasteiger partial charge >= 0.3 is 0 Å². The third kappa shape index (κ3) is 5.13. The summed E-state index contributed by atoms with van der Waals surface area (Å²) in [4.78, 5) is 4.36. The Morgan fingerprint density at radius 1 is 1.14 bits per heavy atom. The van der Waals surface area contributed by atoms with Gasteiger partial charge in [0.05, 0.1) is 22.3 Å². The Labute approximate surface area is 144 Å². The lowest BCUT2D eigenvalue weighted by molar-refractivity contribution is 0.340. The number of nitrogens with zero attached hydrogens (tertiary/aromatic N) is 1. The molecule has 0 aliphatic heterocycles. The Hall–Kier alpha value is -1.36. The summed E-state index contributed by atoms with van der Waals surface area (Å²) in [5.74, 6) is 1.51. The monoisotopic (exact) mass is 354 g/mol. The molecule has 0 aliphatic carbocycles. The molecule has 0 atom stereocenters. The Balaban J connectivity index is 1.95. The number of thioether (sulfide) groups is 1. The van der Waals surface area contributed by atoms with Crippen LogP contribution in [-0.2, 0) is 5.75 Å². The molecule has 3 nitrogen and oxygen atoms in total. The molecule has 2 rings (SSSR count). The largest absolute Gasteiger partial charge is 0.494 e. The van der Waals surface area contributed by atoms with Crippen molar-refractivity contribution < 1.29 is 4.74 Å². The Kier molecular flexibility index (Phi) is 6.43. The van der Waals surface area contributed by atoms with Gasteiger partial charge in [-0.1, -0.05) is 41.0 Å². The lowest BCUT2D eigenvalue weighted by atomic mass is 10.2. The maximum Gasteiger partial charge on any atom is 0.159 e. The fourth-order valence-electron chi connectivity index (χ4n) is 1.73. The molecule has 2 aromatic carbocycles. The number of ether oxygens (including phenoxy) is 1. The zero-order chi connectivity index (χ0) is 15.9. The van der Waals surface area contributed by atoms with Gasteiger partial charge < -0.3 is 10.5 Å². The summed E-state index contributed by atoms with van der Waals surface area (Å²) >= 11 is 13.3. The first-order valence-electron chi connectivity index (χ1n) is 6.72. The highest BCUT2D eigenvalue weighted by molar-refractivity contribution is 8.13. The van der Waals surface area contributed by atoms with E-state index >= 15 is 0 Å². The van der Waals surface area contributed by atoms with Crippen molar-refractivity contribution in [2.45, 2.75) is 12.7 Å². The summed E-state index contributed by atoms with van der Waals surface area (Å²) in [6.45, 7) is 2.59. The van der Waals surface area contributed by atoms with Crippen molar-refractivity contribution >= 4 is 45.8 Å². The molecule has 22 heavy (non-hydrogen) atoms. The van der Waals surface area contributed by atoms with Crippen LogP contribution < -0.4 is 10.5 Å². The molecule has 0 bridgehead atoms. The third-order valence-corrected chi connectivity index (χ3v) is 4.36. The van der Waals surface area contributed by atoms with E-state index in [1.54, 1.807) is 6.07 Å². The minimum atomic E-state index is 0.496. The number of hydrogen-bond acceptors (Lipinski definition) is 3. The molecule has 0 unspecified atom stereocenters. The molecule has 0 aromatic heterocycles. The molecule has 2 aromatic rings. The average molecular weight is 355 g/mol. The van der Waals surface area contributed by atoms with E-state index in [2.05, 4.69) is 4.99 Å². The van der Waals surface area contributed by atoms with Gasteiger partial charge in [0.1, 0.15) is 5.75 Å². The van der Waals surface area contributed by atoms with E-state index in [0.29, 0.717) is 27.6 Å². The first-order valence-corrected chi connectivity index (χ1v) is 8.46. The van der Waals surface area contributed by atoms with Gasteiger partial charge in [-0.3, -0.25) is 0 Å². The second kappa shape index (κ2) is 8.32. The van der Waals surface area contributed by atoms with Crippen molar-refractivity contribution in [1.29, 1.82) is 0 Å². The van der Waals surface area contributed by atoms with E-state index in [1.807, 2.05) is 43.3 Å². The van der Waals surface area contributed by atoms with Crippen LogP contribution in [0.5, 0.6) is 5.75 Å². The van der Waals surface area contributed by atoms with Gasteiger partial charge in [0, 0.05) is 5.75 Å². The summed E-state index contributed by atoms with van der Waals surface area (Å²) in [7, 11) is 0. The van der Waals surface area contributed by atoms with Gasteiger partial charge in [-0.2, -0.15) is 0 Å². The molecule has 0 saturated heterocycles. The lowest BCUT2D eigenvalue weighted by Gasteiger charge is -2.04. The van der Waals surface area contributed by atoms with Crippen molar-refractivity contribution in [3.05, 3.63) is 58.1 Å². The van der Waals surface area contributed by atoms with Gasteiger partial charge in [-0.15, -0.1) is 0 Å². The van der Waals surface area contributed by atoms with Crippen molar-refractivity contribution in [3.8, 4) is 5.75 Å². The number of aliphatic imine (C=N–C) groups is 1. The second-order valence-electron chi connectivity index (χ2n) is 4.41. The summed E-state index contributed by atoms with van der Waals surface area (Å²) < 4.78 is 5.38. The van der Waals surface area contributed by atoms with Gasteiger partial charge in [0.2, 0.25) is 0 Å². The number of benzene rings is 2. The number of nitrogens with two attached hydrogens (primary N) is 1. The zero-order valence-corrected chi connectivity index (χ0v) is 14.4. The van der Waals surface area contributed by atoms with E-state index in [0.717, 1.165) is 17.0 Å². The van der Waals surface area contributed by atoms with Crippen LogP contribution in [0.25, 0.3) is 0 Å². The highest BCUT2D eigenvalue weighted by Gasteiger charge is 2.02. The number of amidine groups is 1. The Morgan fingerprint density at radius 2 is 1.86 bits per heavy atom. The number of halogens is 2. The fraction of sp³-hybridized carbons (Fsp3) is 0.188. The van der Waals surface area contributed by atoms with Crippen LogP contribution in [-0.4, -0.2) is 11.8 Å². The SMILES string of the molecule is CCOc1ccc(N=C(N)SCc2ccc(Cl)c(Cl)c2)cc1. The third-order valence-electron chi connectivity index (χ3n) is 2.76. The lowest BCUT2D eigenvalue weighted by Crippen LogP contribution is -2.06. The molecule has 0 amide bonds. The maximum atomic E-state index is 5.98. The van der Waals surface area contributed by atoms with E-state index in [9.17, 15) is 0 Å². The fourth-order valence-corrected chi connectivity index (χ4v) is 2.71. The average Bonchev–Trinajstić information content (AvgIpc) is 2.51. The normalized spacial score (nSPS) is 11.5.